The number of ether oxygens (including phenoxy) is 1. The molecule has 1 atom stereocenters. The van der Waals surface area contributed by atoms with Crippen LogP contribution in [0.15, 0.2) is 36.9 Å². The molecule has 0 aliphatic heterocycles. The quantitative estimate of drug-likeness (QED) is 0.753. The maximum absolute atomic E-state index is 11.8. The van der Waals surface area contributed by atoms with Crippen LogP contribution in [0.1, 0.15) is 17.3 Å². The minimum absolute atomic E-state index is 0. The number of nitrogens with one attached hydrogen (secondary N) is 2. The maximum Gasteiger partial charge on any atom is 0.251 e. The molecular formula is C14H21ClN2O2. The molecule has 0 radical (unpaired) electrons. The first kappa shape index (κ1) is 17.5. The molecule has 0 saturated heterocycles. The zero-order valence-corrected chi connectivity index (χ0v) is 12.1. The number of benzene rings is 1. The molecule has 5 heteroatoms. The van der Waals surface area contributed by atoms with Crippen molar-refractivity contribution in [2.45, 2.75) is 13.0 Å². The van der Waals surface area contributed by atoms with Crippen LogP contribution in [-0.2, 0) is 0 Å². The molecule has 1 aromatic rings. The molecule has 2 N–H and O–H groups in total. The van der Waals surface area contributed by atoms with Gasteiger partial charge in [0, 0.05) is 18.2 Å². The molecule has 0 aliphatic carbocycles. The van der Waals surface area contributed by atoms with Crippen molar-refractivity contribution in [2.24, 2.45) is 0 Å². The van der Waals surface area contributed by atoms with E-state index in [0.29, 0.717) is 18.7 Å². The molecule has 19 heavy (non-hydrogen) atoms. The van der Waals surface area contributed by atoms with Gasteiger partial charge in [-0.15, -0.1) is 12.4 Å². The highest BCUT2D eigenvalue weighted by Gasteiger charge is 2.06. The normalized spacial score (nSPS) is 11.1. The summed E-state index contributed by atoms with van der Waals surface area (Å²) in [5, 5.41) is 5.91. The van der Waals surface area contributed by atoms with Crippen molar-refractivity contribution in [3.63, 3.8) is 0 Å². The first-order chi connectivity index (χ1) is 8.67. The second-order valence-corrected chi connectivity index (χ2v) is 4.02. The second-order valence-electron chi connectivity index (χ2n) is 4.02. The molecule has 0 heterocycles. The van der Waals surface area contributed by atoms with Gasteiger partial charge < -0.3 is 15.4 Å². The molecule has 1 unspecified atom stereocenters. The lowest BCUT2D eigenvalue weighted by Gasteiger charge is -2.11. The Morgan fingerprint density at radius 2 is 2.05 bits per heavy atom. The lowest BCUT2D eigenvalue weighted by atomic mass is 10.2. The number of likely N-dealkylation sites (N-methyl/N-ethyl adjacent to an activating group) is 1. The standard InChI is InChI=1S/C14H20N2O2.ClH/c1-4-9-18-13-7-5-12(6-8-13)14(17)16-10-11(2)15-3;/h4-8,11,15H,1,9-10H2,2-3H3,(H,16,17);1H. The lowest BCUT2D eigenvalue weighted by molar-refractivity contribution is 0.0950. The van der Waals surface area contributed by atoms with E-state index in [4.69, 9.17) is 4.74 Å². The van der Waals surface area contributed by atoms with E-state index in [-0.39, 0.29) is 24.4 Å². The molecule has 1 rings (SSSR count). The van der Waals surface area contributed by atoms with E-state index in [1.54, 1.807) is 30.3 Å². The first-order valence-electron chi connectivity index (χ1n) is 5.96. The summed E-state index contributed by atoms with van der Waals surface area (Å²) in [6.07, 6.45) is 1.68. The van der Waals surface area contributed by atoms with Crippen LogP contribution in [0.3, 0.4) is 0 Å². The summed E-state index contributed by atoms with van der Waals surface area (Å²) in [5.41, 5.74) is 0.629. The average Bonchev–Trinajstić information content (AvgIpc) is 2.42. The minimum Gasteiger partial charge on any atom is -0.490 e. The van der Waals surface area contributed by atoms with E-state index in [2.05, 4.69) is 17.2 Å². The highest BCUT2D eigenvalue weighted by atomic mass is 35.5. The van der Waals surface area contributed by atoms with Gasteiger partial charge in [-0.05, 0) is 38.2 Å². The van der Waals surface area contributed by atoms with E-state index in [9.17, 15) is 4.79 Å². The Hall–Kier alpha value is -1.52. The number of hydrogen-bond donors (Lipinski definition) is 2. The fourth-order valence-electron chi connectivity index (χ4n) is 1.31. The third kappa shape index (κ3) is 6.27. The summed E-state index contributed by atoms with van der Waals surface area (Å²) in [6, 6.07) is 7.30. The summed E-state index contributed by atoms with van der Waals surface area (Å²) in [6.45, 7) is 6.65. The van der Waals surface area contributed by atoms with Crippen LogP contribution < -0.4 is 15.4 Å². The van der Waals surface area contributed by atoms with Gasteiger partial charge in [0.05, 0.1) is 0 Å². The van der Waals surface area contributed by atoms with Gasteiger partial charge in [-0.2, -0.15) is 0 Å². The zero-order valence-electron chi connectivity index (χ0n) is 11.3. The molecule has 106 valence electrons. The minimum atomic E-state index is -0.0765. The molecule has 1 aromatic carbocycles. The topological polar surface area (TPSA) is 50.4 Å². The van der Waals surface area contributed by atoms with Crippen molar-refractivity contribution in [3.8, 4) is 5.75 Å². The van der Waals surface area contributed by atoms with Gasteiger partial charge in [0.25, 0.3) is 5.91 Å². The Morgan fingerprint density at radius 3 is 2.58 bits per heavy atom. The number of carbonyl (C=O) groups excluding carboxylic acids is 1. The molecule has 0 aromatic heterocycles. The molecule has 4 nitrogen and oxygen atoms in total. The lowest BCUT2D eigenvalue weighted by Crippen LogP contribution is -2.37. The monoisotopic (exact) mass is 284 g/mol. The van der Waals surface area contributed by atoms with Crippen molar-refractivity contribution in [1.29, 1.82) is 0 Å². The van der Waals surface area contributed by atoms with Gasteiger partial charge >= 0.3 is 0 Å². The Labute approximate surface area is 120 Å². The van der Waals surface area contributed by atoms with Crippen molar-refractivity contribution in [3.05, 3.63) is 42.5 Å². The van der Waals surface area contributed by atoms with Gasteiger partial charge in [0.15, 0.2) is 0 Å². The summed E-state index contributed by atoms with van der Waals surface area (Å²) >= 11 is 0. The highest BCUT2D eigenvalue weighted by Crippen LogP contribution is 2.12. The SMILES string of the molecule is C=CCOc1ccc(C(=O)NCC(C)NC)cc1.Cl. The molecule has 0 bridgehead atoms. The second kappa shape index (κ2) is 9.42. The smallest absolute Gasteiger partial charge is 0.251 e. The van der Waals surface area contributed by atoms with Crippen LogP contribution in [0, 0.1) is 0 Å². The fraction of sp³-hybridized carbons (Fsp3) is 0.357. The molecule has 0 spiro atoms. The third-order valence-electron chi connectivity index (χ3n) is 2.55. The van der Waals surface area contributed by atoms with Crippen LogP contribution in [0.5, 0.6) is 5.75 Å². The van der Waals surface area contributed by atoms with Crippen molar-refractivity contribution >= 4 is 18.3 Å². The van der Waals surface area contributed by atoms with Gasteiger partial charge in [0.1, 0.15) is 12.4 Å². The first-order valence-corrected chi connectivity index (χ1v) is 5.96. The van der Waals surface area contributed by atoms with Gasteiger partial charge in [-0.3, -0.25) is 4.79 Å². The van der Waals surface area contributed by atoms with Crippen molar-refractivity contribution in [2.75, 3.05) is 20.2 Å². The van der Waals surface area contributed by atoms with E-state index < -0.39 is 0 Å². The van der Waals surface area contributed by atoms with Gasteiger partial charge in [-0.1, -0.05) is 12.7 Å². The van der Waals surface area contributed by atoms with E-state index in [0.717, 1.165) is 5.75 Å². The van der Waals surface area contributed by atoms with Crippen molar-refractivity contribution < 1.29 is 9.53 Å². The zero-order chi connectivity index (χ0) is 13.4. The van der Waals surface area contributed by atoms with Gasteiger partial charge in [-0.25, -0.2) is 0 Å². The Kier molecular flexibility index (Phi) is 8.66. The number of rotatable bonds is 7. The largest absolute Gasteiger partial charge is 0.490 e. The predicted molar refractivity (Wildman–Crippen MR) is 80.2 cm³/mol. The molecule has 0 fully saturated rings. The van der Waals surface area contributed by atoms with Crippen LogP contribution in [0.2, 0.25) is 0 Å². The van der Waals surface area contributed by atoms with E-state index >= 15 is 0 Å². The number of carbonyl (C=O) groups is 1. The number of amides is 1. The Morgan fingerprint density at radius 1 is 1.42 bits per heavy atom. The third-order valence-corrected chi connectivity index (χ3v) is 2.55. The maximum atomic E-state index is 11.8. The summed E-state index contributed by atoms with van der Waals surface area (Å²) < 4.78 is 5.35. The highest BCUT2D eigenvalue weighted by molar-refractivity contribution is 5.94. The summed E-state index contributed by atoms with van der Waals surface area (Å²) in [5.74, 6) is 0.655. The summed E-state index contributed by atoms with van der Waals surface area (Å²) in [7, 11) is 1.86. The molecule has 1 amide bonds. The molecule has 0 aliphatic rings. The van der Waals surface area contributed by atoms with Gasteiger partial charge in [0.2, 0.25) is 0 Å². The van der Waals surface area contributed by atoms with Crippen LogP contribution in [-0.4, -0.2) is 32.1 Å². The van der Waals surface area contributed by atoms with E-state index in [1.165, 1.54) is 0 Å². The molecule has 0 saturated carbocycles. The van der Waals surface area contributed by atoms with Crippen molar-refractivity contribution in [1.82, 2.24) is 10.6 Å². The number of halogens is 1. The Bertz CT molecular complexity index is 393. The van der Waals surface area contributed by atoms with Crippen LogP contribution in [0.25, 0.3) is 0 Å². The Balaban J connectivity index is 0.00000324. The fourth-order valence-corrected chi connectivity index (χ4v) is 1.31. The van der Waals surface area contributed by atoms with E-state index in [1.807, 2.05) is 14.0 Å². The summed E-state index contributed by atoms with van der Waals surface area (Å²) in [4.78, 5) is 11.8. The predicted octanol–water partition coefficient (Wildman–Crippen LogP) is 2.01. The number of hydrogen-bond acceptors (Lipinski definition) is 3. The van der Waals surface area contributed by atoms with Crippen LogP contribution >= 0.6 is 12.4 Å². The average molecular weight is 285 g/mol. The molecular weight excluding hydrogens is 264 g/mol. The van der Waals surface area contributed by atoms with Crippen LogP contribution in [0.4, 0.5) is 0 Å².